The maximum Gasteiger partial charge on any atom is 0.117 e. The number of hydrogen-bond acceptors (Lipinski definition) is 5. The fourth-order valence-corrected chi connectivity index (χ4v) is 2.67. The van der Waals surface area contributed by atoms with Crippen molar-refractivity contribution < 1.29 is 9.90 Å². The SMILES string of the molecule is CC(C)[C@@H](Sc1ncnc2ccccc12)C(=O)[O-]. The number of carboxylic acids is 1. The number of aromatic nitrogens is 2. The van der Waals surface area contributed by atoms with Gasteiger partial charge in [0.05, 0.1) is 16.7 Å². The molecule has 0 bridgehead atoms. The summed E-state index contributed by atoms with van der Waals surface area (Å²) < 4.78 is 0. The summed E-state index contributed by atoms with van der Waals surface area (Å²) in [5.41, 5.74) is 0.816. The minimum absolute atomic E-state index is 0.0197. The fourth-order valence-electron chi connectivity index (χ4n) is 1.65. The molecule has 1 atom stereocenters. The topological polar surface area (TPSA) is 65.9 Å². The van der Waals surface area contributed by atoms with E-state index in [-0.39, 0.29) is 5.92 Å². The summed E-state index contributed by atoms with van der Waals surface area (Å²) in [6, 6.07) is 7.55. The van der Waals surface area contributed by atoms with Gasteiger partial charge in [0.1, 0.15) is 11.4 Å². The minimum Gasteiger partial charge on any atom is -0.549 e. The Morgan fingerprint density at radius 1 is 1.28 bits per heavy atom. The molecule has 1 aromatic heterocycles. The monoisotopic (exact) mass is 261 g/mol. The third kappa shape index (κ3) is 2.61. The van der Waals surface area contributed by atoms with Crippen LogP contribution in [0.15, 0.2) is 35.6 Å². The van der Waals surface area contributed by atoms with Crippen LogP contribution in [0.3, 0.4) is 0 Å². The Hall–Kier alpha value is -1.62. The molecule has 0 aliphatic rings. The van der Waals surface area contributed by atoms with Gasteiger partial charge in [0.2, 0.25) is 0 Å². The summed E-state index contributed by atoms with van der Waals surface area (Å²) in [4.78, 5) is 19.4. The van der Waals surface area contributed by atoms with Crippen LogP contribution >= 0.6 is 11.8 Å². The molecule has 0 aliphatic heterocycles. The van der Waals surface area contributed by atoms with E-state index >= 15 is 0 Å². The first-order chi connectivity index (χ1) is 8.59. The Morgan fingerprint density at radius 2 is 2.00 bits per heavy atom. The van der Waals surface area contributed by atoms with Crippen LogP contribution in [-0.2, 0) is 4.79 Å². The smallest absolute Gasteiger partial charge is 0.117 e. The summed E-state index contributed by atoms with van der Waals surface area (Å²) in [5, 5.41) is 12.1. The van der Waals surface area contributed by atoms with Crippen LogP contribution in [0, 0.1) is 5.92 Å². The zero-order valence-corrected chi connectivity index (χ0v) is 11.0. The molecular weight excluding hydrogens is 248 g/mol. The zero-order chi connectivity index (χ0) is 13.1. The fraction of sp³-hybridized carbons (Fsp3) is 0.308. The molecule has 94 valence electrons. The molecule has 0 N–H and O–H groups in total. The van der Waals surface area contributed by atoms with Gasteiger partial charge in [-0.05, 0) is 12.0 Å². The molecule has 0 fully saturated rings. The van der Waals surface area contributed by atoms with E-state index in [2.05, 4.69) is 9.97 Å². The van der Waals surface area contributed by atoms with E-state index in [0.717, 1.165) is 10.9 Å². The van der Waals surface area contributed by atoms with Crippen molar-refractivity contribution in [2.45, 2.75) is 24.1 Å². The molecule has 1 heterocycles. The van der Waals surface area contributed by atoms with Gasteiger partial charge in [-0.25, -0.2) is 9.97 Å². The Morgan fingerprint density at radius 3 is 2.67 bits per heavy atom. The van der Waals surface area contributed by atoms with Gasteiger partial charge in [0.25, 0.3) is 0 Å². The summed E-state index contributed by atoms with van der Waals surface area (Å²) in [6.45, 7) is 3.72. The highest BCUT2D eigenvalue weighted by Crippen LogP contribution is 2.30. The number of carbonyl (C=O) groups is 1. The van der Waals surface area contributed by atoms with Gasteiger partial charge in [-0.2, -0.15) is 0 Å². The van der Waals surface area contributed by atoms with Crippen LogP contribution in [0.25, 0.3) is 10.9 Å². The maximum atomic E-state index is 11.1. The van der Waals surface area contributed by atoms with Gasteiger partial charge in [-0.1, -0.05) is 43.8 Å². The quantitative estimate of drug-likeness (QED) is 0.616. The Balaban J connectivity index is 2.39. The largest absolute Gasteiger partial charge is 0.549 e. The van der Waals surface area contributed by atoms with Gasteiger partial charge < -0.3 is 9.90 Å². The molecular formula is C13H13N2O2S-. The number of nitrogens with zero attached hydrogens (tertiary/aromatic N) is 2. The van der Waals surface area contributed by atoms with Gasteiger partial charge in [0, 0.05) is 5.39 Å². The molecule has 5 heteroatoms. The number of hydrogen-bond donors (Lipinski definition) is 0. The molecule has 2 aromatic rings. The highest BCUT2D eigenvalue weighted by Gasteiger charge is 2.18. The van der Waals surface area contributed by atoms with E-state index in [1.807, 2.05) is 38.1 Å². The van der Waals surface area contributed by atoms with E-state index in [1.54, 1.807) is 0 Å². The highest BCUT2D eigenvalue weighted by atomic mass is 32.2. The molecule has 18 heavy (non-hydrogen) atoms. The maximum absolute atomic E-state index is 11.1. The van der Waals surface area contributed by atoms with E-state index in [9.17, 15) is 9.90 Å². The summed E-state index contributed by atoms with van der Waals surface area (Å²) in [6.07, 6.45) is 1.46. The number of fused-ring (bicyclic) bond motifs is 1. The van der Waals surface area contributed by atoms with Gasteiger partial charge >= 0.3 is 0 Å². The molecule has 0 amide bonds. The second kappa shape index (κ2) is 5.35. The predicted molar refractivity (Wildman–Crippen MR) is 69.0 cm³/mol. The summed E-state index contributed by atoms with van der Waals surface area (Å²) >= 11 is 1.22. The first kappa shape index (κ1) is 12.8. The van der Waals surface area contributed by atoms with Crippen LogP contribution in [0.5, 0.6) is 0 Å². The standard InChI is InChI=1S/C13H14N2O2S/c1-8(2)11(13(16)17)18-12-9-5-3-4-6-10(9)14-7-15-12/h3-8,11H,1-2H3,(H,16,17)/p-1/t11-/m1/s1. The molecule has 0 saturated heterocycles. The number of thioether (sulfide) groups is 1. The van der Waals surface area contributed by atoms with Crippen LogP contribution in [-0.4, -0.2) is 21.2 Å². The first-order valence-corrected chi connectivity index (χ1v) is 6.55. The van der Waals surface area contributed by atoms with Gasteiger partial charge in [-0.3, -0.25) is 0 Å². The first-order valence-electron chi connectivity index (χ1n) is 5.67. The number of para-hydroxylation sites is 1. The second-order valence-electron chi connectivity index (χ2n) is 4.30. The Labute approximate surface area is 109 Å². The van der Waals surface area contributed by atoms with Crippen molar-refractivity contribution in [3.8, 4) is 0 Å². The number of carbonyl (C=O) groups excluding carboxylic acids is 1. The van der Waals surface area contributed by atoms with Crippen LogP contribution in [0.4, 0.5) is 0 Å². The van der Waals surface area contributed by atoms with Crippen LogP contribution in [0.1, 0.15) is 13.8 Å². The lowest BCUT2D eigenvalue weighted by atomic mass is 10.1. The molecule has 2 rings (SSSR count). The van der Waals surface area contributed by atoms with Crippen molar-refractivity contribution in [2.75, 3.05) is 0 Å². The van der Waals surface area contributed by atoms with E-state index < -0.39 is 11.2 Å². The second-order valence-corrected chi connectivity index (χ2v) is 5.43. The predicted octanol–water partition coefficient (Wildman–Crippen LogP) is 1.50. The van der Waals surface area contributed by atoms with Crippen molar-refractivity contribution >= 4 is 28.6 Å². The number of carboxylic acid groups (broad SMARTS) is 1. The number of aliphatic carboxylic acids is 1. The van der Waals surface area contributed by atoms with Crippen molar-refractivity contribution in [1.29, 1.82) is 0 Å². The molecule has 0 unspecified atom stereocenters. The molecule has 0 spiro atoms. The lowest BCUT2D eigenvalue weighted by Gasteiger charge is -2.21. The summed E-state index contributed by atoms with van der Waals surface area (Å²) in [5.74, 6) is -1.08. The Bertz CT molecular complexity index is 566. The van der Waals surface area contributed by atoms with E-state index in [4.69, 9.17) is 0 Å². The average molecular weight is 261 g/mol. The Kier molecular flexibility index (Phi) is 3.81. The number of benzene rings is 1. The van der Waals surface area contributed by atoms with E-state index in [1.165, 1.54) is 18.1 Å². The number of rotatable bonds is 4. The molecule has 1 aromatic carbocycles. The third-order valence-electron chi connectivity index (χ3n) is 2.58. The zero-order valence-electron chi connectivity index (χ0n) is 10.2. The van der Waals surface area contributed by atoms with Crippen LogP contribution < -0.4 is 5.11 Å². The van der Waals surface area contributed by atoms with Crippen molar-refractivity contribution in [2.24, 2.45) is 5.92 Å². The highest BCUT2D eigenvalue weighted by molar-refractivity contribution is 8.00. The lowest BCUT2D eigenvalue weighted by Crippen LogP contribution is -2.36. The van der Waals surface area contributed by atoms with Crippen molar-refractivity contribution in [3.05, 3.63) is 30.6 Å². The normalized spacial score (nSPS) is 12.8. The lowest BCUT2D eigenvalue weighted by molar-refractivity contribution is -0.305. The summed E-state index contributed by atoms with van der Waals surface area (Å²) in [7, 11) is 0. The van der Waals surface area contributed by atoms with Crippen molar-refractivity contribution in [1.82, 2.24) is 9.97 Å². The van der Waals surface area contributed by atoms with Crippen LogP contribution in [0.2, 0.25) is 0 Å². The molecule has 4 nitrogen and oxygen atoms in total. The van der Waals surface area contributed by atoms with Crippen molar-refractivity contribution in [3.63, 3.8) is 0 Å². The third-order valence-corrected chi connectivity index (χ3v) is 4.12. The van der Waals surface area contributed by atoms with Gasteiger partial charge in [0.15, 0.2) is 0 Å². The average Bonchev–Trinajstić information content (AvgIpc) is 2.35. The molecule has 0 radical (unpaired) electrons. The molecule has 0 aliphatic carbocycles. The van der Waals surface area contributed by atoms with E-state index in [0.29, 0.717) is 5.03 Å². The molecule has 0 saturated carbocycles. The van der Waals surface area contributed by atoms with Gasteiger partial charge in [-0.15, -0.1) is 0 Å². The minimum atomic E-state index is -1.06.